The Morgan fingerprint density at radius 3 is 2.90 bits per heavy atom. The van der Waals surface area contributed by atoms with Crippen LogP contribution in [-0.4, -0.2) is 29.9 Å². The van der Waals surface area contributed by atoms with E-state index in [1.54, 1.807) is 0 Å². The summed E-state index contributed by atoms with van der Waals surface area (Å²) in [7, 11) is 0. The van der Waals surface area contributed by atoms with Crippen LogP contribution >= 0.6 is 22.9 Å². The number of likely N-dealkylation sites (tertiary alicyclic amines) is 1. The van der Waals surface area contributed by atoms with E-state index in [1.807, 2.05) is 42.2 Å². The van der Waals surface area contributed by atoms with Crippen LogP contribution < -0.4 is 5.73 Å². The highest BCUT2D eigenvalue weighted by Gasteiger charge is 2.26. The van der Waals surface area contributed by atoms with Gasteiger partial charge >= 0.3 is 0 Å². The molecule has 1 fully saturated rings. The van der Waals surface area contributed by atoms with Crippen molar-refractivity contribution in [3.8, 4) is 10.4 Å². The summed E-state index contributed by atoms with van der Waals surface area (Å²) in [6.45, 7) is 3.44. The van der Waals surface area contributed by atoms with E-state index in [4.69, 9.17) is 17.3 Å². The first-order valence-corrected chi connectivity index (χ1v) is 8.15. The third kappa shape index (κ3) is 2.98. The lowest BCUT2D eigenvalue weighted by atomic mass is 10.1. The molecular formula is C16H17ClN2OS. The van der Waals surface area contributed by atoms with Gasteiger partial charge in [0.05, 0.1) is 4.88 Å². The number of thiophene rings is 1. The molecule has 1 aliphatic rings. The summed E-state index contributed by atoms with van der Waals surface area (Å²) in [5.41, 5.74) is 8.04. The summed E-state index contributed by atoms with van der Waals surface area (Å²) in [6.07, 6.45) is 0.886. The molecule has 0 bridgehead atoms. The number of rotatable bonds is 2. The highest BCUT2D eigenvalue weighted by molar-refractivity contribution is 7.17. The molecule has 0 unspecified atom stereocenters. The summed E-state index contributed by atoms with van der Waals surface area (Å²) in [5.74, 6) is 0.0873. The van der Waals surface area contributed by atoms with Gasteiger partial charge in [-0.05, 0) is 42.7 Å². The number of halogens is 1. The van der Waals surface area contributed by atoms with Gasteiger partial charge in [-0.15, -0.1) is 11.3 Å². The lowest BCUT2D eigenvalue weighted by Gasteiger charge is -2.14. The van der Waals surface area contributed by atoms with Gasteiger partial charge in [0.2, 0.25) is 0 Å². The summed E-state index contributed by atoms with van der Waals surface area (Å²) < 4.78 is 0. The molecule has 0 saturated carbocycles. The van der Waals surface area contributed by atoms with Gasteiger partial charge < -0.3 is 10.6 Å². The first-order valence-electron chi connectivity index (χ1n) is 6.96. The molecule has 1 aromatic carbocycles. The number of hydrogen-bond donors (Lipinski definition) is 1. The summed E-state index contributed by atoms with van der Waals surface area (Å²) in [6, 6.07) is 9.81. The summed E-state index contributed by atoms with van der Waals surface area (Å²) >= 11 is 7.58. The van der Waals surface area contributed by atoms with E-state index in [0.29, 0.717) is 11.6 Å². The fraction of sp³-hybridized carbons (Fsp3) is 0.312. The van der Waals surface area contributed by atoms with Crippen LogP contribution in [0, 0.1) is 6.92 Å². The molecule has 1 saturated heterocycles. The molecule has 3 rings (SSSR count). The van der Waals surface area contributed by atoms with Crippen LogP contribution in [0.4, 0.5) is 0 Å². The van der Waals surface area contributed by atoms with Crippen molar-refractivity contribution in [1.29, 1.82) is 0 Å². The monoisotopic (exact) mass is 320 g/mol. The molecule has 1 aromatic heterocycles. The zero-order chi connectivity index (χ0) is 15.0. The highest BCUT2D eigenvalue weighted by Crippen LogP contribution is 2.34. The normalized spacial score (nSPS) is 18.2. The van der Waals surface area contributed by atoms with Crippen LogP contribution in [0.3, 0.4) is 0 Å². The molecule has 0 spiro atoms. The Morgan fingerprint density at radius 1 is 1.43 bits per heavy atom. The van der Waals surface area contributed by atoms with E-state index < -0.39 is 0 Å². The minimum absolute atomic E-state index is 0.0873. The van der Waals surface area contributed by atoms with Crippen molar-refractivity contribution in [2.24, 2.45) is 5.73 Å². The lowest BCUT2D eigenvalue weighted by Crippen LogP contribution is -2.31. The quantitative estimate of drug-likeness (QED) is 0.919. The second kappa shape index (κ2) is 5.79. The topological polar surface area (TPSA) is 46.3 Å². The fourth-order valence-electron chi connectivity index (χ4n) is 2.63. The molecule has 1 amide bonds. The van der Waals surface area contributed by atoms with E-state index in [-0.39, 0.29) is 11.9 Å². The molecule has 21 heavy (non-hydrogen) atoms. The van der Waals surface area contributed by atoms with Gasteiger partial charge in [0.1, 0.15) is 0 Å². The van der Waals surface area contributed by atoms with Gasteiger partial charge in [-0.2, -0.15) is 0 Å². The van der Waals surface area contributed by atoms with E-state index >= 15 is 0 Å². The molecule has 0 radical (unpaired) electrons. The van der Waals surface area contributed by atoms with Crippen molar-refractivity contribution in [3.05, 3.63) is 45.8 Å². The average molecular weight is 321 g/mol. The second-order valence-corrected chi connectivity index (χ2v) is 6.92. The van der Waals surface area contributed by atoms with Crippen molar-refractivity contribution < 1.29 is 4.79 Å². The Labute approximate surface area is 133 Å². The largest absolute Gasteiger partial charge is 0.336 e. The summed E-state index contributed by atoms with van der Waals surface area (Å²) in [4.78, 5) is 16.2. The number of nitrogens with zero attached hydrogens (tertiary/aromatic N) is 1. The Kier molecular flexibility index (Phi) is 4.02. The van der Waals surface area contributed by atoms with Crippen LogP contribution in [0.1, 0.15) is 21.7 Å². The molecule has 2 N–H and O–H groups in total. The minimum Gasteiger partial charge on any atom is -0.336 e. The number of aryl methyl sites for hydroxylation is 1. The molecule has 1 aliphatic heterocycles. The Morgan fingerprint density at radius 2 is 2.24 bits per heavy atom. The Hall–Kier alpha value is -1.36. The zero-order valence-corrected chi connectivity index (χ0v) is 13.4. The van der Waals surface area contributed by atoms with E-state index in [0.717, 1.165) is 33.8 Å². The van der Waals surface area contributed by atoms with Crippen LogP contribution in [0.15, 0.2) is 30.3 Å². The maximum absolute atomic E-state index is 12.5. The van der Waals surface area contributed by atoms with Gasteiger partial charge in [-0.1, -0.05) is 23.7 Å². The van der Waals surface area contributed by atoms with Crippen LogP contribution in [-0.2, 0) is 0 Å². The first kappa shape index (κ1) is 14.6. The van der Waals surface area contributed by atoms with E-state index in [2.05, 4.69) is 0 Å². The Bertz CT molecular complexity index is 683. The molecule has 5 heteroatoms. The predicted molar refractivity (Wildman–Crippen MR) is 88.0 cm³/mol. The molecule has 1 atom stereocenters. The van der Waals surface area contributed by atoms with Gasteiger partial charge in [0.25, 0.3) is 5.91 Å². The van der Waals surface area contributed by atoms with E-state index in [9.17, 15) is 4.79 Å². The minimum atomic E-state index is 0.0873. The van der Waals surface area contributed by atoms with Gasteiger partial charge in [-0.25, -0.2) is 0 Å². The highest BCUT2D eigenvalue weighted by atomic mass is 35.5. The third-order valence-electron chi connectivity index (χ3n) is 3.73. The van der Waals surface area contributed by atoms with Gasteiger partial charge in [-0.3, -0.25) is 4.79 Å². The number of nitrogens with two attached hydrogens (primary N) is 1. The van der Waals surface area contributed by atoms with Crippen molar-refractivity contribution in [2.75, 3.05) is 13.1 Å². The van der Waals surface area contributed by atoms with Crippen LogP contribution in [0.2, 0.25) is 5.02 Å². The standard InChI is InChI=1S/C16H17ClN2OS/c1-10-7-14(16(20)19-6-5-13(18)9-19)21-15(10)11-3-2-4-12(17)8-11/h2-4,7-8,13H,5-6,9,18H2,1H3/t13-/m1/s1. The first-order chi connectivity index (χ1) is 10.0. The van der Waals surface area contributed by atoms with Crippen LogP contribution in [0.25, 0.3) is 10.4 Å². The van der Waals surface area contributed by atoms with Gasteiger partial charge in [0, 0.05) is 29.0 Å². The zero-order valence-electron chi connectivity index (χ0n) is 11.8. The maximum Gasteiger partial charge on any atom is 0.264 e. The average Bonchev–Trinajstić information content (AvgIpc) is 3.04. The molecule has 3 nitrogen and oxygen atoms in total. The van der Waals surface area contributed by atoms with Crippen molar-refractivity contribution in [1.82, 2.24) is 4.90 Å². The fourth-order valence-corrected chi connectivity index (χ4v) is 3.96. The molecule has 2 aromatic rings. The SMILES string of the molecule is Cc1cc(C(=O)N2CC[C@@H](N)C2)sc1-c1cccc(Cl)c1. The van der Waals surface area contributed by atoms with Crippen molar-refractivity contribution in [3.63, 3.8) is 0 Å². The smallest absolute Gasteiger partial charge is 0.264 e. The molecule has 110 valence electrons. The predicted octanol–water partition coefficient (Wildman–Crippen LogP) is 3.55. The van der Waals surface area contributed by atoms with E-state index in [1.165, 1.54) is 11.3 Å². The number of carbonyl (C=O) groups is 1. The lowest BCUT2D eigenvalue weighted by molar-refractivity contribution is 0.0795. The van der Waals surface area contributed by atoms with Crippen LogP contribution in [0.5, 0.6) is 0 Å². The number of benzene rings is 1. The number of amides is 1. The van der Waals surface area contributed by atoms with Crippen molar-refractivity contribution in [2.45, 2.75) is 19.4 Å². The van der Waals surface area contributed by atoms with Gasteiger partial charge in [0.15, 0.2) is 0 Å². The summed E-state index contributed by atoms with van der Waals surface area (Å²) in [5, 5.41) is 0.707. The Balaban J connectivity index is 1.89. The number of hydrogen-bond acceptors (Lipinski definition) is 3. The third-order valence-corrected chi connectivity index (χ3v) is 5.24. The molecule has 0 aliphatic carbocycles. The molecule has 2 heterocycles. The molecular weight excluding hydrogens is 304 g/mol. The van der Waals surface area contributed by atoms with Crippen molar-refractivity contribution >= 4 is 28.8 Å². The second-order valence-electron chi connectivity index (χ2n) is 5.43. The maximum atomic E-state index is 12.5. The number of carbonyl (C=O) groups excluding carboxylic acids is 1.